The summed E-state index contributed by atoms with van der Waals surface area (Å²) in [6.45, 7) is 6.44. The summed E-state index contributed by atoms with van der Waals surface area (Å²) in [5, 5.41) is 0.657. The van der Waals surface area contributed by atoms with Gasteiger partial charge in [-0.1, -0.05) is 24.6 Å². The van der Waals surface area contributed by atoms with Gasteiger partial charge in [0.05, 0.1) is 12.3 Å². The molecule has 2 rings (SSSR count). The van der Waals surface area contributed by atoms with Crippen molar-refractivity contribution in [2.24, 2.45) is 0 Å². The van der Waals surface area contributed by atoms with Crippen molar-refractivity contribution in [1.82, 2.24) is 9.97 Å². The number of benzene rings is 1. The monoisotopic (exact) mass is 292 g/mol. The number of aryl methyl sites for hydroxylation is 2. The van der Waals surface area contributed by atoms with Crippen molar-refractivity contribution in [2.75, 3.05) is 6.61 Å². The lowest BCUT2D eigenvalue weighted by atomic mass is 10.2. The lowest BCUT2D eigenvalue weighted by molar-refractivity contribution is 0.293. The van der Waals surface area contributed by atoms with Gasteiger partial charge in [0.15, 0.2) is 0 Å². The van der Waals surface area contributed by atoms with Crippen LogP contribution in [0.25, 0.3) is 0 Å². The maximum atomic E-state index is 6.09. The van der Waals surface area contributed by atoms with Crippen LogP contribution in [0.15, 0.2) is 24.5 Å². The third-order valence-electron chi connectivity index (χ3n) is 2.76. The van der Waals surface area contributed by atoms with Crippen molar-refractivity contribution in [3.05, 3.63) is 40.8 Å². The normalized spacial score (nSPS) is 10.4. The molecule has 0 aliphatic rings. The molecule has 0 saturated carbocycles. The summed E-state index contributed by atoms with van der Waals surface area (Å²) in [7, 11) is 0. The molecule has 1 aromatic heterocycles. The van der Waals surface area contributed by atoms with Crippen molar-refractivity contribution >= 4 is 11.6 Å². The van der Waals surface area contributed by atoms with Crippen LogP contribution < -0.4 is 9.47 Å². The largest absolute Gasteiger partial charge is 0.487 e. The van der Waals surface area contributed by atoms with Crippen LogP contribution in [0.4, 0.5) is 0 Å². The molecule has 0 aliphatic carbocycles. The van der Waals surface area contributed by atoms with Crippen molar-refractivity contribution in [3.8, 4) is 17.4 Å². The van der Waals surface area contributed by atoms with Gasteiger partial charge in [0.2, 0.25) is 5.75 Å². The van der Waals surface area contributed by atoms with E-state index >= 15 is 0 Å². The molecule has 0 fully saturated rings. The highest BCUT2D eigenvalue weighted by molar-refractivity contribution is 6.31. The van der Waals surface area contributed by atoms with Crippen LogP contribution in [0.3, 0.4) is 0 Å². The second kappa shape index (κ2) is 6.57. The zero-order chi connectivity index (χ0) is 14.5. The van der Waals surface area contributed by atoms with E-state index in [1.807, 2.05) is 32.9 Å². The second-order valence-corrected chi connectivity index (χ2v) is 4.86. The fourth-order valence-electron chi connectivity index (χ4n) is 1.63. The van der Waals surface area contributed by atoms with Crippen LogP contribution in [0.1, 0.15) is 24.6 Å². The molecule has 0 aliphatic heterocycles. The van der Waals surface area contributed by atoms with Crippen molar-refractivity contribution in [3.63, 3.8) is 0 Å². The van der Waals surface area contributed by atoms with E-state index in [0.29, 0.717) is 29.0 Å². The number of hydrogen-bond acceptors (Lipinski definition) is 4. The van der Waals surface area contributed by atoms with Gasteiger partial charge in [0, 0.05) is 5.02 Å². The molecule has 2 aromatic rings. The predicted octanol–water partition coefficient (Wildman–Crippen LogP) is 4.33. The van der Waals surface area contributed by atoms with Gasteiger partial charge in [0.25, 0.3) is 5.88 Å². The quantitative estimate of drug-likeness (QED) is 0.823. The van der Waals surface area contributed by atoms with Crippen LogP contribution in [0, 0.1) is 13.8 Å². The first kappa shape index (κ1) is 14.6. The van der Waals surface area contributed by atoms with Gasteiger partial charge in [-0.3, -0.25) is 0 Å². The zero-order valence-corrected chi connectivity index (χ0v) is 12.6. The zero-order valence-electron chi connectivity index (χ0n) is 11.8. The van der Waals surface area contributed by atoms with E-state index in [-0.39, 0.29) is 0 Å². The summed E-state index contributed by atoms with van der Waals surface area (Å²) in [6, 6.07) is 5.51. The fraction of sp³-hybridized carbons (Fsp3) is 0.333. The summed E-state index contributed by atoms with van der Waals surface area (Å²) in [5.41, 5.74) is 1.75. The maximum absolute atomic E-state index is 6.09. The SMILES string of the molecule is CCCOc1c(C)ncnc1Oc1ccc(C)c(Cl)c1. The van der Waals surface area contributed by atoms with Crippen LogP contribution in [0.5, 0.6) is 17.4 Å². The summed E-state index contributed by atoms with van der Waals surface area (Å²) >= 11 is 6.09. The highest BCUT2D eigenvalue weighted by Gasteiger charge is 2.12. The molecule has 0 N–H and O–H groups in total. The summed E-state index contributed by atoms with van der Waals surface area (Å²) in [4.78, 5) is 8.26. The van der Waals surface area contributed by atoms with E-state index in [0.717, 1.165) is 17.7 Å². The molecule has 0 spiro atoms. The average molecular weight is 293 g/mol. The Morgan fingerprint density at radius 2 is 2.00 bits per heavy atom. The van der Waals surface area contributed by atoms with E-state index in [9.17, 15) is 0 Å². The molecular formula is C15H17ClN2O2. The highest BCUT2D eigenvalue weighted by Crippen LogP contribution is 2.32. The third kappa shape index (κ3) is 3.39. The van der Waals surface area contributed by atoms with Gasteiger partial charge in [-0.05, 0) is 38.0 Å². The van der Waals surface area contributed by atoms with Crippen LogP contribution in [-0.2, 0) is 0 Å². The molecule has 0 radical (unpaired) electrons. The van der Waals surface area contributed by atoms with Crippen LogP contribution in [-0.4, -0.2) is 16.6 Å². The Labute approximate surface area is 123 Å². The first-order valence-corrected chi connectivity index (χ1v) is 6.88. The Kier molecular flexibility index (Phi) is 4.79. The molecule has 1 aromatic carbocycles. The maximum Gasteiger partial charge on any atom is 0.265 e. The molecule has 0 atom stereocenters. The summed E-state index contributed by atoms with van der Waals surface area (Å²) < 4.78 is 11.4. The lowest BCUT2D eigenvalue weighted by Gasteiger charge is -2.12. The number of halogens is 1. The number of aromatic nitrogens is 2. The number of nitrogens with zero attached hydrogens (tertiary/aromatic N) is 2. The van der Waals surface area contributed by atoms with Crippen LogP contribution >= 0.6 is 11.6 Å². The van der Waals surface area contributed by atoms with Crippen molar-refractivity contribution < 1.29 is 9.47 Å². The first-order valence-electron chi connectivity index (χ1n) is 6.50. The molecule has 0 unspecified atom stereocenters. The van der Waals surface area contributed by atoms with E-state index < -0.39 is 0 Å². The van der Waals surface area contributed by atoms with Crippen molar-refractivity contribution in [1.29, 1.82) is 0 Å². The summed E-state index contributed by atoms with van der Waals surface area (Å²) in [5.74, 6) is 1.61. The number of hydrogen-bond donors (Lipinski definition) is 0. The summed E-state index contributed by atoms with van der Waals surface area (Å²) in [6.07, 6.45) is 2.36. The Balaban J connectivity index is 2.28. The van der Waals surface area contributed by atoms with E-state index in [4.69, 9.17) is 21.1 Å². The molecule has 5 heteroatoms. The average Bonchev–Trinajstić information content (AvgIpc) is 2.42. The van der Waals surface area contributed by atoms with Gasteiger partial charge in [0.1, 0.15) is 12.1 Å². The Morgan fingerprint density at radius 3 is 2.70 bits per heavy atom. The van der Waals surface area contributed by atoms with E-state index in [1.54, 1.807) is 6.07 Å². The Morgan fingerprint density at radius 1 is 1.20 bits per heavy atom. The minimum atomic E-state index is 0.408. The molecule has 1 heterocycles. The Hall–Kier alpha value is -1.81. The van der Waals surface area contributed by atoms with Gasteiger partial charge in [-0.2, -0.15) is 4.98 Å². The lowest BCUT2D eigenvalue weighted by Crippen LogP contribution is -2.02. The smallest absolute Gasteiger partial charge is 0.265 e. The molecule has 4 nitrogen and oxygen atoms in total. The third-order valence-corrected chi connectivity index (χ3v) is 3.16. The van der Waals surface area contributed by atoms with E-state index in [1.165, 1.54) is 6.33 Å². The van der Waals surface area contributed by atoms with Gasteiger partial charge in [-0.25, -0.2) is 4.98 Å². The number of rotatable bonds is 5. The topological polar surface area (TPSA) is 44.2 Å². The van der Waals surface area contributed by atoms with Gasteiger partial charge < -0.3 is 9.47 Å². The standard InChI is InChI=1S/C15H17ClN2O2/c1-4-7-19-14-11(3)17-9-18-15(14)20-12-6-5-10(2)13(16)8-12/h5-6,8-9H,4,7H2,1-3H3. The van der Waals surface area contributed by atoms with Crippen molar-refractivity contribution in [2.45, 2.75) is 27.2 Å². The minimum absolute atomic E-state index is 0.408. The predicted molar refractivity (Wildman–Crippen MR) is 78.8 cm³/mol. The van der Waals surface area contributed by atoms with Gasteiger partial charge in [-0.15, -0.1) is 0 Å². The molecule has 0 bridgehead atoms. The fourth-order valence-corrected chi connectivity index (χ4v) is 1.80. The number of ether oxygens (including phenoxy) is 2. The van der Waals surface area contributed by atoms with Crippen LogP contribution in [0.2, 0.25) is 5.02 Å². The molecular weight excluding hydrogens is 276 g/mol. The first-order chi connectivity index (χ1) is 9.61. The second-order valence-electron chi connectivity index (χ2n) is 4.45. The Bertz CT molecular complexity index is 602. The molecule has 0 amide bonds. The minimum Gasteiger partial charge on any atom is -0.487 e. The molecule has 20 heavy (non-hydrogen) atoms. The van der Waals surface area contributed by atoms with E-state index in [2.05, 4.69) is 9.97 Å². The molecule has 106 valence electrons. The van der Waals surface area contributed by atoms with Gasteiger partial charge >= 0.3 is 0 Å². The highest BCUT2D eigenvalue weighted by atomic mass is 35.5. The molecule has 0 saturated heterocycles.